The van der Waals surface area contributed by atoms with E-state index in [9.17, 15) is 12.8 Å². The van der Waals surface area contributed by atoms with Gasteiger partial charge in [0.15, 0.2) is 0 Å². The number of nitrogens with one attached hydrogen (secondary N) is 2. The molecule has 5 aromatic rings. The first-order valence-electron chi connectivity index (χ1n) is 14.1. The average Bonchev–Trinajstić information content (AvgIpc) is 3.41. The maximum absolute atomic E-state index is 13.5. The Hall–Kier alpha value is -3.99. The largest absolute Gasteiger partial charge is 0.487 e. The third kappa shape index (κ3) is 7.15. The minimum atomic E-state index is -3.12. The normalized spacial score (nSPS) is 13.0. The van der Waals surface area contributed by atoms with Crippen LogP contribution in [0.5, 0.6) is 5.75 Å². The van der Waals surface area contributed by atoms with Crippen molar-refractivity contribution in [1.29, 1.82) is 0 Å². The Balaban J connectivity index is 1.43. The van der Waals surface area contributed by atoms with Crippen molar-refractivity contribution in [3.05, 3.63) is 101 Å². The molecule has 0 unspecified atom stereocenters. The highest BCUT2D eigenvalue weighted by molar-refractivity contribution is 7.90. The van der Waals surface area contributed by atoms with Gasteiger partial charge < -0.3 is 19.8 Å². The van der Waals surface area contributed by atoms with Gasteiger partial charge in [0.2, 0.25) is 0 Å². The van der Waals surface area contributed by atoms with E-state index in [0.29, 0.717) is 22.8 Å². The minimum Gasteiger partial charge on any atom is -0.487 e. The number of hydrogen-bond acceptors (Lipinski definition) is 8. The highest BCUT2D eigenvalue weighted by atomic mass is 35.5. The quantitative estimate of drug-likeness (QED) is 0.178. The monoisotopic (exact) mass is 584 g/mol. The molecule has 11 heteroatoms. The second kappa shape index (κ2) is 12.0. The van der Waals surface area contributed by atoms with Crippen molar-refractivity contribution in [2.24, 2.45) is 0 Å². The van der Waals surface area contributed by atoms with Crippen molar-refractivity contribution in [3.63, 3.8) is 0 Å². The fourth-order valence-corrected chi connectivity index (χ4v) is 4.50. The van der Waals surface area contributed by atoms with Crippen LogP contribution < -0.4 is 15.4 Å². The van der Waals surface area contributed by atoms with Crippen LogP contribution in [0.2, 0.25) is 5.02 Å². The molecule has 0 aliphatic heterocycles. The molecule has 0 spiro atoms. The Labute approximate surface area is 241 Å². The Morgan fingerprint density at radius 2 is 2.00 bits per heavy atom. The van der Waals surface area contributed by atoms with Gasteiger partial charge in [-0.1, -0.05) is 23.7 Å². The van der Waals surface area contributed by atoms with Crippen LogP contribution in [0.4, 0.5) is 15.9 Å². The zero-order valence-electron chi connectivity index (χ0n) is 25.2. The molecule has 0 amide bonds. The van der Waals surface area contributed by atoms with Crippen molar-refractivity contribution in [2.45, 2.75) is 13.2 Å². The second-order valence-electron chi connectivity index (χ2n) is 8.91. The van der Waals surface area contributed by atoms with Crippen LogP contribution in [-0.2, 0) is 23.0 Å². The van der Waals surface area contributed by atoms with Crippen molar-refractivity contribution >= 4 is 43.8 Å². The zero-order chi connectivity index (χ0) is 31.6. The standard InChI is InChI=1S/C29H26ClFN4O4S/c1-40(36,37)12-11-32-16-23-7-10-27(39-23)20-5-8-26-24(14-20)29(34-18-33-26)35-22-6-9-28(25(30)15-22)38-17-19-3-2-4-21(31)13-19/h2-10,13-15,18,32H,11-12,16-17H2,1H3,(H,33,34,35)/i5D,8D,14D,18D. The van der Waals surface area contributed by atoms with Crippen LogP contribution in [0.3, 0.4) is 0 Å². The van der Waals surface area contributed by atoms with E-state index in [4.69, 9.17) is 26.2 Å². The highest BCUT2D eigenvalue weighted by Gasteiger charge is 2.11. The summed E-state index contributed by atoms with van der Waals surface area (Å²) in [7, 11) is -3.12. The average molecular weight is 585 g/mol. The number of halogens is 2. The molecule has 206 valence electrons. The molecular formula is C29H26ClFN4O4S. The number of ether oxygens (including phenoxy) is 1. The van der Waals surface area contributed by atoms with Gasteiger partial charge in [-0.15, -0.1) is 0 Å². The maximum Gasteiger partial charge on any atom is 0.148 e. The molecule has 0 aliphatic carbocycles. The molecule has 2 aromatic heterocycles. The van der Waals surface area contributed by atoms with Gasteiger partial charge in [0, 0.05) is 29.4 Å². The van der Waals surface area contributed by atoms with E-state index in [-0.39, 0.29) is 82.5 Å². The zero-order valence-corrected chi connectivity index (χ0v) is 22.8. The van der Waals surface area contributed by atoms with Gasteiger partial charge in [-0.2, -0.15) is 0 Å². The summed E-state index contributed by atoms with van der Waals surface area (Å²) < 4.78 is 82.0. The summed E-state index contributed by atoms with van der Waals surface area (Å²) in [6.45, 7) is 0.542. The number of rotatable bonds is 11. The minimum absolute atomic E-state index is 0.0356. The van der Waals surface area contributed by atoms with Crippen molar-refractivity contribution in [2.75, 3.05) is 23.9 Å². The van der Waals surface area contributed by atoms with E-state index in [1.165, 1.54) is 12.1 Å². The summed E-state index contributed by atoms with van der Waals surface area (Å²) in [5, 5.41) is 6.36. The highest BCUT2D eigenvalue weighted by Crippen LogP contribution is 2.32. The number of benzene rings is 3. The maximum atomic E-state index is 13.5. The Kier molecular flexibility index (Phi) is 6.86. The van der Waals surface area contributed by atoms with E-state index >= 15 is 0 Å². The lowest BCUT2D eigenvalue weighted by Gasteiger charge is -2.12. The first kappa shape index (κ1) is 22.8. The Morgan fingerprint density at radius 3 is 2.80 bits per heavy atom. The van der Waals surface area contributed by atoms with Crippen LogP contribution in [0.1, 0.15) is 16.8 Å². The first-order valence-corrected chi connectivity index (χ1v) is 14.5. The molecule has 2 N–H and O–H groups in total. The Morgan fingerprint density at radius 1 is 1.12 bits per heavy atom. The van der Waals surface area contributed by atoms with Crippen molar-refractivity contribution in [1.82, 2.24) is 15.3 Å². The van der Waals surface area contributed by atoms with Gasteiger partial charge in [-0.05, 0) is 66.2 Å². The summed E-state index contributed by atoms with van der Waals surface area (Å²) in [5.74, 6) is 0.608. The molecule has 0 saturated heterocycles. The lowest BCUT2D eigenvalue weighted by molar-refractivity contribution is 0.306. The summed E-state index contributed by atoms with van der Waals surface area (Å²) in [5.41, 5.74) is 1.05. The molecule has 8 nitrogen and oxygen atoms in total. The van der Waals surface area contributed by atoms with E-state index in [0.717, 1.165) is 6.26 Å². The van der Waals surface area contributed by atoms with E-state index in [2.05, 4.69) is 20.6 Å². The molecule has 0 bridgehead atoms. The predicted octanol–water partition coefficient (Wildman–Crippen LogP) is 6.14. The number of fused-ring (bicyclic) bond motifs is 1. The smallest absolute Gasteiger partial charge is 0.148 e. The van der Waals surface area contributed by atoms with Gasteiger partial charge >= 0.3 is 0 Å². The number of furan rings is 1. The lowest BCUT2D eigenvalue weighted by atomic mass is 10.1. The number of sulfone groups is 1. The molecule has 0 saturated carbocycles. The number of hydrogen-bond donors (Lipinski definition) is 2. The van der Waals surface area contributed by atoms with E-state index in [1.54, 1.807) is 42.5 Å². The first-order chi connectivity index (χ1) is 20.9. The number of aromatic nitrogens is 2. The third-order valence-electron chi connectivity index (χ3n) is 5.69. The van der Waals surface area contributed by atoms with Gasteiger partial charge in [0.05, 0.1) is 26.9 Å². The van der Waals surface area contributed by atoms with Crippen molar-refractivity contribution < 1.29 is 27.4 Å². The molecule has 0 radical (unpaired) electrons. The topological polar surface area (TPSA) is 106 Å². The molecule has 0 fully saturated rings. The van der Waals surface area contributed by atoms with Crippen molar-refractivity contribution in [3.8, 4) is 17.1 Å². The van der Waals surface area contributed by atoms with Gasteiger partial charge in [0.25, 0.3) is 0 Å². The van der Waals surface area contributed by atoms with Crippen LogP contribution >= 0.6 is 11.6 Å². The van der Waals surface area contributed by atoms with E-state index in [1.807, 2.05) is 0 Å². The van der Waals surface area contributed by atoms with Gasteiger partial charge in [-0.25, -0.2) is 22.8 Å². The summed E-state index contributed by atoms with van der Waals surface area (Å²) in [6, 6.07) is 13.2. The SMILES string of the molecule is [2H]c1nc(Nc2ccc(OCc3cccc(F)c3)c(Cl)c2)c2c([2H])c(-c3ccc(CNCCS(C)(=O)=O)o3)c([2H])c([2H])c2n1. The molecule has 2 heterocycles. The Bertz CT molecular complexity index is 1980. The molecule has 3 aromatic carbocycles. The van der Waals surface area contributed by atoms with Crippen LogP contribution in [0.15, 0.2) is 83.4 Å². The van der Waals surface area contributed by atoms with Crippen LogP contribution in [0.25, 0.3) is 22.2 Å². The molecule has 0 aliphatic rings. The summed E-state index contributed by atoms with van der Waals surface area (Å²) in [6.07, 6.45) is 0.733. The predicted molar refractivity (Wildman–Crippen MR) is 154 cm³/mol. The second-order valence-corrected chi connectivity index (χ2v) is 11.6. The van der Waals surface area contributed by atoms with Crippen LogP contribution in [-0.4, -0.2) is 36.9 Å². The summed E-state index contributed by atoms with van der Waals surface area (Å²) in [4.78, 5) is 8.18. The van der Waals surface area contributed by atoms with Gasteiger partial charge in [-0.3, -0.25) is 0 Å². The van der Waals surface area contributed by atoms with Crippen LogP contribution in [0, 0.1) is 5.82 Å². The summed E-state index contributed by atoms with van der Waals surface area (Å²) >= 11 is 6.45. The van der Waals surface area contributed by atoms with E-state index < -0.39 is 16.1 Å². The third-order valence-corrected chi connectivity index (χ3v) is 6.93. The fraction of sp³-hybridized carbons (Fsp3) is 0.172. The van der Waals surface area contributed by atoms with Gasteiger partial charge in [0.1, 0.15) is 53.0 Å². The molecule has 5 rings (SSSR count). The molecule has 40 heavy (non-hydrogen) atoms. The fourth-order valence-electron chi connectivity index (χ4n) is 3.75. The lowest BCUT2D eigenvalue weighted by Crippen LogP contribution is -2.21. The number of anilines is 2. The molecular weight excluding hydrogens is 555 g/mol. The molecule has 0 atom stereocenters. The number of nitrogens with zero attached hydrogens (tertiary/aromatic N) is 2.